The summed E-state index contributed by atoms with van der Waals surface area (Å²) in [7, 11) is 0. The maximum atomic E-state index is 13.8. The maximum Gasteiger partial charge on any atom is 0.285 e. The molecule has 2 rings (SSSR count). The molecule has 2 nitrogen and oxygen atoms in total. The highest BCUT2D eigenvalue weighted by atomic mass is 32.2. The predicted molar refractivity (Wildman–Crippen MR) is 77.0 cm³/mol. The molecule has 0 bridgehead atoms. The number of halogens is 2. The van der Waals surface area contributed by atoms with E-state index in [2.05, 4.69) is 10.2 Å². The highest BCUT2D eigenvalue weighted by molar-refractivity contribution is 7.99. The monoisotopic (exact) mass is 286 g/mol. The lowest BCUT2D eigenvalue weighted by Crippen LogP contribution is -2.40. The van der Waals surface area contributed by atoms with Gasteiger partial charge in [0.15, 0.2) is 0 Å². The van der Waals surface area contributed by atoms with Crippen molar-refractivity contribution in [3.63, 3.8) is 0 Å². The normalized spacial score (nSPS) is 17.6. The molecule has 0 aromatic heterocycles. The Balaban J connectivity index is 1.69. The molecule has 5 heteroatoms. The minimum atomic E-state index is -2.79. The molecule has 0 spiro atoms. The minimum Gasteiger partial charge on any atom is -0.310 e. The first-order chi connectivity index (χ1) is 9.18. The van der Waals surface area contributed by atoms with Crippen LogP contribution in [0.2, 0.25) is 0 Å². The topological polar surface area (TPSA) is 15.3 Å². The predicted octanol–water partition coefficient (Wildman–Crippen LogP) is 2.42. The average Bonchev–Trinajstić information content (AvgIpc) is 2.46. The summed E-state index contributed by atoms with van der Waals surface area (Å²) in [4.78, 5) is 2.32. The van der Waals surface area contributed by atoms with Crippen molar-refractivity contribution in [3.05, 3.63) is 35.9 Å². The van der Waals surface area contributed by atoms with Crippen LogP contribution in [0.1, 0.15) is 5.56 Å². The van der Waals surface area contributed by atoms with Crippen LogP contribution in [0, 0.1) is 0 Å². The molecule has 0 saturated carbocycles. The summed E-state index contributed by atoms with van der Waals surface area (Å²) in [5.74, 6) is -0.487. The van der Waals surface area contributed by atoms with Crippen molar-refractivity contribution in [2.75, 3.05) is 44.2 Å². The van der Waals surface area contributed by atoms with Gasteiger partial charge in [0, 0.05) is 43.2 Å². The molecular weight excluding hydrogens is 266 g/mol. The third-order valence-corrected chi connectivity index (χ3v) is 4.19. The summed E-state index contributed by atoms with van der Waals surface area (Å²) in [6.07, 6.45) is 0. The van der Waals surface area contributed by atoms with Crippen molar-refractivity contribution in [2.24, 2.45) is 0 Å². The van der Waals surface area contributed by atoms with E-state index in [4.69, 9.17) is 0 Å². The summed E-state index contributed by atoms with van der Waals surface area (Å²) in [5, 5.41) is 2.87. The maximum absolute atomic E-state index is 13.8. The summed E-state index contributed by atoms with van der Waals surface area (Å²) in [6, 6.07) is 8.00. The smallest absolute Gasteiger partial charge is 0.285 e. The highest BCUT2D eigenvalue weighted by Crippen LogP contribution is 2.26. The molecule has 1 heterocycles. The summed E-state index contributed by atoms with van der Waals surface area (Å²) < 4.78 is 27.7. The van der Waals surface area contributed by atoms with Crippen LogP contribution in [0.3, 0.4) is 0 Å². The van der Waals surface area contributed by atoms with Crippen molar-refractivity contribution >= 4 is 11.8 Å². The van der Waals surface area contributed by atoms with Gasteiger partial charge in [0.1, 0.15) is 0 Å². The Morgan fingerprint density at radius 1 is 1.16 bits per heavy atom. The molecule has 1 aliphatic rings. The van der Waals surface area contributed by atoms with Gasteiger partial charge in [-0.05, 0) is 0 Å². The highest BCUT2D eigenvalue weighted by Gasteiger charge is 2.30. The van der Waals surface area contributed by atoms with E-state index >= 15 is 0 Å². The van der Waals surface area contributed by atoms with Gasteiger partial charge in [0.2, 0.25) is 0 Å². The number of benzene rings is 1. The molecule has 0 aliphatic carbocycles. The Hall–Kier alpha value is -0.650. The van der Waals surface area contributed by atoms with E-state index in [1.54, 1.807) is 18.2 Å². The lowest BCUT2D eigenvalue weighted by Gasteiger charge is -2.26. The second-order valence-corrected chi connectivity index (χ2v) is 5.93. The van der Waals surface area contributed by atoms with Gasteiger partial charge in [-0.1, -0.05) is 30.3 Å². The zero-order valence-corrected chi connectivity index (χ0v) is 11.8. The molecule has 0 radical (unpaired) electrons. The molecule has 0 amide bonds. The SMILES string of the molecule is FC(F)(CNCCN1CCSCC1)c1ccccc1. The van der Waals surface area contributed by atoms with E-state index in [9.17, 15) is 8.78 Å². The van der Waals surface area contributed by atoms with Gasteiger partial charge in [-0.2, -0.15) is 20.5 Å². The molecule has 1 saturated heterocycles. The number of rotatable bonds is 6. The van der Waals surface area contributed by atoms with Crippen molar-refractivity contribution < 1.29 is 8.78 Å². The number of thioether (sulfide) groups is 1. The molecule has 19 heavy (non-hydrogen) atoms. The van der Waals surface area contributed by atoms with Crippen molar-refractivity contribution in [1.29, 1.82) is 0 Å². The number of hydrogen-bond acceptors (Lipinski definition) is 3. The van der Waals surface area contributed by atoms with Crippen LogP contribution in [-0.2, 0) is 5.92 Å². The van der Waals surface area contributed by atoms with Crippen LogP contribution in [0.15, 0.2) is 30.3 Å². The number of alkyl halides is 2. The van der Waals surface area contributed by atoms with E-state index in [0.29, 0.717) is 6.54 Å². The van der Waals surface area contributed by atoms with Crippen LogP contribution >= 0.6 is 11.8 Å². The summed E-state index contributed by atoms with van der Waals surface area (Å²) in [6.45, 7) is 3.32. The number of nitrogens with one attached hydrogen (secondary N) is 1. The molecule has 1 fully saturated rings. The van der Waals surface area contributed by atoms with Gasteiger partial charge in [-0.3, -0.25) is 0 Å². The molecule has 0 atom stereocenters. The van der Waals surface area contributed by atoms with Crippen LogP contribution in [0.4, 0.5) is 8.78 Å². The van der Waals surface area contributed by atoms with Gasteiger partial charge < -0.3 is 10.2 Å². The van der Waals surface area contributed by atoms with Crippen LogP contribution in [0.5, 0.6) is 0 Å². The molecule has 106 valence electrons. The van der Waals surface area contributed by atoms with Gasteiger partial charge in [-0.15, -0.1) is 0 Å². The molecular formula is C14H20F2N2S. The molecule has 1 aliphatic heterocycles. The lowest BCUT2D eigenvalue weighted by atomic mass is 10.1. The third kappa shape index (κ3) is 4.75. The Labute approximate surface area is 117 Å². The molecule has 1 aromatic rings. The van der Waals surface area contributed by atoms with E-state index in [1.807, 2.05) is 11.8 Å². The second-order valence-electron chi connectivity index (χ2n) is 4.70. The Kier molecular flexibility index (Phi) is 5.60. The minimum absolute atomic E-state index is 0.0804. The zero-order chi connectivity index (χ0) is 13.6. The molecule has 1 N–H and O–H groups in total. The van der Waals surface area contributed by atoms with E-state index in [0.717, 1.165) is 31.1 Å². The largest absolute Gasteiger partial charge is 0.310 e. The Morgan fingerprint density at radius 3 is 2.53 bits per heavy atom. The first kappa shape index (κ1) is 14.8. The second kappa shape index (κ2) is 7.22. The van der Waals surface area contributed by atoms with Crippen LogP contribution in [-0.4, -0.2) is 49.1 Å². The first-order valence-corrected chi connectivity index (χ1v) is 7.78. The summed E-state index contributed by atoms with van der Waals surface area (Å²) >= 11 is 1.96. The van der Waals surface area contributed by atoms with Crippen molar-refractivity contribution in [3.8, 4) is 0 Å². The van der Waals surface area contributed by atoms with Gasteiger partial charge in [0.25, 0.3) is 5.92 Å². The van der Waals surface area contributed by atoms with Gasteiger partial charge in [0.05, 0.1) is 6.54 Å². The van der Waals surface area contributed by atoms with E-state index in [-0.39, 0.29) is 12.1 Å². The zero-order valence-electron chi connectivity index (χ0n) is 10.9. The number of hydrogen-bond donors (Lipinski definition) is 1. The Bertz CT molecular complexity index is 367. The fraction of sp³-hybridized carbons (Fsp3) is 0.571. The fourth-order valence-electron chi connectivity index (χ4n) is 2.09. The molecule has 1 aromatic carbocycles. The van der Waals surface area contributed by atoms with Crippen molar-refractivity contribution in [1.82, 2.24) is 10.2 Å². The van der Waals surface area contributed by atoms with E-state index in [1.165, 1.54) is 12.1 Å². The first-order valence-electron chi connectivity index (χ1n) is 6.63. The standard InChI is InChI=1S/C14H20F2N2S/c15-14(16,13-4-2-1-3-5-13)12-17-6-7-18-8-10-19-11-9-18/h1-5,17H,6-12H2. The number of nitrogens with zero attached hydrogens (tertiary/aromatic N) is 1. The third-order valence-electron chi connectivity index (χ3n) is 3.25. The van der Waals surface area contributed by atoms with Gasteiger partial charge in [-0.25, -0.2) is 0 Å². The Morgan fingerprint density at radius 2 is 1.84 bits per heavy atom. The average molecular weight is 286 g/mol. The van der Waals surface area contributed by atoms with Crippen molar-refractivity contribution in [2.45, 2.75) is 5.92 Å². The quantitative estimate of drug-likeness (QED) is 0.809. The van der Waals surface area contributed by atoms with E-state index < -0.39 is 5.92 Å². The van der Waals surface area contributed by atoms with Gasteiger partial charge >= 0.3 is 0 Å². The fourth-order valence-corrected chi connectivity index (χ4v) is 3.07. The summed E-state index contributed by atoms with van der Waals surface area (Å²) in [5.41, 5.74) is 0.0804. The van der Waals surface area contributed by atoms with Crippen LogP contribution < -0.4 is 5.32 Å². The van der Waals surface area contributed by atoms with Crippen LogP contribution in [0.25, 0.3) is 0 Å². The molecule has 0 unspecified atom stereocenters. The lowest BCUT2D eigenvalue weighted by molar-refractivity contribution is -0.00335.